The summed E-state index contributed by atoms with van der Waals surface area (Å²) in [5.74, 6) is 0.338. The summed E-state index contributed by atoms with van der Waals surface area (Å²) in [5.41, 5.74) is 2.83. The monoisotopic (exact) mass is 411 g/mol. The highest BCUT2D eigenvalue weighted by Crippen LogP contribution is 2.31. The Hall–Kier alpha value is -3.55. The van der Waals surface area contributed by atoms with Gasteiger partial charge in [-0.25, -0.2) is 9.36 Å². The van der Waals surface area contributed by atoms with Crippen molar-refractivity contribution in [2.45, 2.75) is 26.4 Å². The molecule has 0 atom stereocenters. The number of rotatable bonds is 8. The molecule has 3 rings (SSSR count). The first-order valence-electron chi connectivity index (χ1n) is 9.57. The Morgan fingerprint density at radius 2 is 1.73 bits per heavy atom. The van der Waals surface area contributed by atoms with Gasteiger partial charge in [-0.05, 0) is 35.7 Å². The van der Waals surface area contributed by atoms with Crippen molar-refractivity contribution < 1.29 is 18.8 Å². The second-order valence-corrected chi connectivity index (χ2v) is 6.85. The smallest absolute Gasteiger partial charge is 0.442 e. The topological polar surface area (TPSA) is 86.8 Å². The number of aryl methyl sites for hydroxylation is 1. The maximum Gasteiger partial charge on any atom is 0.442 e. The third-order valence-corrected chi connectivity index (χ3v) is 4.90. The molecule has 0 bridgehead atoms. The Morgan fingerprint density at radius 3 is 2.37 bits per heavy atom. The molecule has 0 aliphatic carbocycles. The zero-order chi connectivity index (χ0) is 21.7. The van der Waals surface area contributed by atoms with Crippen LogP contribution in [0.25, 0.3) is 11.4 Å². The fraction of sp³-hybridized carbons (Fsp3) is 0.318. The minimum Gasteiger partial charge on any atom is -0.493 e. The first-order chi connectivity index (χ1) is 14.5. The summed E-state index contributed by atoms with van der Waals surface area (Å²) in [7, 11) is 4.75. The highest BCUT2D eigenvalue weighted by molar-refractivity contribution is 5.76. The van der Waals surface area contributed by atoms with Crippen molar-refractivity contribution >= 4 is 5.91 Å². The Morgan fingerprint density at radius 1 is 1.07 bits per heavy atom. The van der Waals surface area contributed by atoms with Crippen LogP contribution >= 0.6 is 0 Å². The molecule has 0 saturated heterocycles. The summed E-state index contributed by atoms with van der Waals surface area (Å²) in [6.07, 6.45) is 0.963. The van der Waals surface area contributed by atoms with E-state index in [4.69, 9.17) is 14.0 Å². The van der Waals surface area contributed by atoms with Crippen LogP contribution in [0, 0.1) is 0 Å². The normalized spacial score (nSPS) is 10.7. The van der Waals surface area contributed by atoms with E-state index >= 15 is 0 Å². The average Bonchev–Trinajstić information content (AvgIpc) is 3.13. The number of benzene rings is 2. The number of hydrogen-bond acceptors (Lipinski definition) is 6. The molecule has 8 heteroatoms. The number of hydrogen-bond donors (Lipinski definition) is 0. The average molecular weight is 411 g/mol. The fourth-order valence-corrected chi connectivity index (χ4v) is 3.09. The minimum atomic E-state index is -0.700. The van der Waals surface area contributed by atoms with Gasteiger partial charge in [-0.15, -0.1) is 0 Å². The second kappa shape index (κ2) is 9.30. The molecular weight excluding hydrogens is 386 g/mol. The summed E-state index contributed by atoms with van der Waals surface area (Å²) < 4.78 is 16.6. The number of carbonyl (C=O) groups excluding carboxylic acids is 1. The van der Waals surface area contributed by atoms with Crippen LogP contribution in [0.15, 0.2) is 51.8 Å². The van der Waals surface area contributed by atoms with E-state index in [0.717, 1.165) is 12.0 Å². The molecule has 0 aliphatic rings. The van der Waals surface area contributed by atoms with Gasteiger partial charge in [0.15, 0.2) is 17.3 Å². The van der Waals surface area contributed by atoms with E-state index in [0.29, 0.717) is 23.6 Å². The van der Waals surface area contributed by atoms with Crippen LogP contribution in [0.3, 0.4) is 0 Å². The molecule has 0 aliphatic heterocycles. The molecule has 30 heavy (non-hydrogen) atoms. The van der Waals surface area contributed by atoms with Crippen molar-refractivity contribution in [3.05, 3.63) is 64.1 Å². The predicted molar refractivity (Wildman–Crippen MR) is 112 cm³/mol. The van der Waals surface area contributed by atoms with Gasteiger partial charge in [-0.1, -0.05) is 36.3 Å². The molecule has 0 fully saturated rings. The lowest BCUT2D eigenvalue weighted by Gasteiger charge is -2.18. The van der Waals surface area contributed by atoms with Gasteiger partial charge in [-0.2, -0.15) is 0 Å². The number of aromatic nitrogens is 2. The number of methoxy groups -OCH3 is 2. The highest BCUT2D eigenvalue weighted by Gasteiger charge is 2.19. The molecule has 0 unspecified atom stereocenters. The Kier molecular flexibility index (Phi) is 6.56. The molecule has 0 N–H and O–H groups in total. The summed E-state index contributed by atoms with van der Waals surface area (Å²) in [5, 5.41) is 3.84. The molecular formula is C22H25N3O5. The van der Waals surface area contributed by atoms with Gasteiger partial charge in [0.1, 0.15) is 6.54 Å². The van der Waals surface area contributed by atoms with Crippen LogP contribution in [-0.2, 0) is 24.3 Å². The van der Waals surface area contributed by atoms with E-state index in [-0.39, 0.29) is 18.3 Å². The van der Waals surface area contributed by atoms with Gasteiger partial charge in [0, 0.05) is 19.2 Å². The summed E-state index contributed by atoms with van der Waals surface area (Å²) in [6.45, 7) is 2.35. The lowest BCUT2D eigenvalue weighted by atomic mass is 10.1. The lowest BCUT2D eigenvalue weighted by molar-refractivity contribution is -0.131. The fourth-order valence-electron chi connectivity index (χ4n) is 3.09. The van der Waals surface area contributed by atoms with Crippen LogP contribution in [0.2, 0.25) is 0 Å². The second-order valence-electron chi connectivity index (χ2n) is 6.85. The lowest BCUT2D eigenvalue weighted by Crippen LogP contribution is -2.32. The van der Waals surface area contributed by atoms with E-state index in [1.807, 2.05) is 24.3 Å². The number of carbonyl (C=O) groups is 1. The van der Waals surface area contributed by atoms with E-state index < -0.39 is 5.76 Å². The summed E-state index contributed by atoms with van der Waals surface area (Å²) >= 11 is 0. The molecule has 3 aromatic rings. The van der Waals surface area contributed by atoms with Crippen LogP contribution in [0.5, 0.6) is 11.5 Å². The van der Waals surface area contributed by atoms with Crippen LogP contribution < -0.4 is 15.2 Å². The molecule has 158 valence electrons. The standard InChI is InChI=1S/C22H25N3O5/c1-5-15-6-8-16(9-7-15)13-24(2)20(26)14-25-21(23-30-22(25)27)17-10-11-18(28-3)19(12-17)29-4/h6-12H,5,13-14H2,1-4H3. The maximum absolute atomic E-state index is 12.7. The number of amides is 1. The van der Waals surface area contributed by atoms with Crippen molar-refractivity contribution in [1.82, 2.24) is 14.6 Å². The molecule has 8 nitrogen and oxygen atoms in total. The quantitative estimate of drug-likeness (QED) is 0.567. The van der Waals surface area contributed by atoms with Crippen LogP contribution in [0.1, 0.15) is 18.1 Å². The van der Waals surface area contributed by atoms with Crippen molar-refractivity contribution in [3.63, 3.8) is 0 Å². The van der Waals surface area contributed by atoms with Gasteiger partial charge in [0.2, 0.25) is 5.91 Å². The number of ether oxygens (including phenoxy) is 2. The molecule has 1 amide bonds. The van der Waals surface area contributed by atoms with Gasteiger partial charge in [-0.3, -0.25) is 9.32 Å². The Labute approximate surface area is 174 Å². The molecule has 0 spiro atoms. The van der Waals surface area contributed by atoms with E-state index in [1.54, 1.807) is 30.1 Å². The maximum atomic E-state index is 12.7. The molecule has 1 heterocycles. The summed E-state index contributed by atoms with van der Waals surface area (Å²) in [4.78, 5) is 26.5. The summed E-state index contributed by atoms with van der Waals surface area (Å²) in [6, 6.07) is 13.2. The van der Waals surface area contributed by atoms with Crippen LogP contribution in [-0.4, -0.2) is 41.8 Å². The van der Waals surface area contributed by atoms with Crippen LogP contribution in [0.4, 0.5) is 0 Å². The molecule has 1 aromatic heterocycles. The Balaban J connectivity index is 1.79. The van der Waals surface area contributed by atoms with Crippen molar-refractivity contribution in [2.24, 2.45) is 0 Å². The minimum absolute atomic E-state index is 0.185. The first kappa shape index (κ1) is 21.2. The zero-order valence-corrected chi connectivity index (χ0v) is 17.5. The van der Waals surface area contributed by atoms with E-state index in [9.17, 15) is 9.59 Å². The van der Waals surface area contributed by atoms with Gasteiger partial charge in [0.25, 0.3) is 0 Å². The molecule has 0 saturated carbocycles. The highest BCUT2D eigenvalue weighted by atomic mass is 16.5. The SMILES string of the molecule is CCc1ccc(CN(C)C(=O)Cn2c(-c3ccc(OC)c(OC)c3)noc2=O)cc1. The van der Waals surface area contributed by atoms with Crippen molar-refractivity contribution in [1.29, 1.82) is 0 Å². The number of likely N-dealkylation sites (N-methyl/N-ethyl adjacent to an activating group) is 1. The van der Waals surface area contributed by atoms with Crippen molar-refractivity contribution in [3.8, 4) is 22.9 Å². The molecule has 0 radical (unpaired) electrons. The Bertz CT molecular complexity index is 1070. The largest absolute Gasteiger partial charge is 0.493 e. The first-order valence-corrected chi connectivity index (χ1v) is 9.57. The van der Waals surface area contributed by atoms with Gasteiger partial charge < -0.3 is 14.4 Å². The van der Waals surface area contributed by atoms with Gasteiger partial charge in [0.05, 0.1) is 14.2 Å². The zero-order valence-electron chi connectivity index (χ0n) is 17.5. The van der Waals surface area contributed by atoms with Crippen molar-refractivity contribution in [2.75, 3.05) is 21.3 Å². The van der Waals surface area contributed by atoms with Gasteiger partial charge >= 0.3 is 5.76 Å². The third kappa shape index (κ3) is 4.53. The van der Waals surface area contributed by atoms with E-state index in [1.165, 1.54) is 24.4 Å². The predicted octanol–water partition coefficient (Wildman–Crippen LogP) is 2.74. The van der Waals surface area contributed by atoms with E-state index in [2.05, 4.69) is 12.1 Å². The third-order valence-electron chi connectivity index (χ3n) is 4.90. The molecule has 2 aromatic carbocycles. The number of nitrogens with zero attached hydrogens (tertiary/aromatic N) is 3.